The molecule has 5 nitrogen and oxygen atoms in total. The molecule has 1 heterocycles. The zero-order valence-electron chi connectivity index (χ0n) is 12.0. The summed E-state index contributed by atoms with van der Waals surface area (Å²) < 4.78 is 0. The van der Waals surface area contributed by atoms with Crippen LogP contribution in [-0.2, 0) is 9.59 Å². The lowest BCUT2D eigenvalue weighted by atomic mass is 9.86. The number of likely N-dealkylation sites (tertiary alicyclic amines) is 1. The maximum atomic E-state index is 12.1. The fourth-order valence-corrected chi connectivity index (χ4v) is 3.48. The van der Waals surface area contributed by atoms with Crippen LogP contribution < -0.4 is 0 Å². The molecule has 0 aromatic carbocycles. The highest BCUT2D eigenvalue weighted by Gasteiger charge is 2.38. The van der Waals surface area contributed by atoms with Gasteiger partial charge in [0, 0.05) is 19.4 Å². The molecule has 0 unspecified atom stereocenters. The second-order valence-corrected chi connectivity index (χ2v) is 6.19. The van der Waals surface area contributed by atoms with Crippen molar-refractivity contribution in [3.63, 3.8) is 0 Å². The van der Waals surface area contributed by atoms with Gasteiger partial charge in [0.05, 0.1) is 6.10 Å². The average molecular weight is 283 g/mol. The number of nitrogens with zero attached hydrogens (tertiary/aromatic N) is 1. The summed E-state index contributed by atoms with van der Waals surface area (Å²) >= 11 is 0. The molecule has 1 saturated heterocycles. The first kappa shape index (κ1) is 15.3. The number of carboxylic acids is 1. The van der Waals surface area contributed by atoms with Gasteiger partial charge in [-0.05, 0) is 18.8 Å². The number of carbonyl (C=O) groups excluding carboxylic acids is 1. The van der Waals surface area contributed by atoms with Crippen LogP contribution in [0.5, 0.6) is 0 Å². The van der Waals surface area contributed by atoms with Gasteiger partial charge in [-0.25, -0.2) is 4.79 Å². The fraction of sp³-hybridized carbons (Fsp3) is 0.867. The Labute approximate surface area is 120 Å². The molecule has 2 atom stereocenters. The molecule has 114 valence electrons. The number of β-amino-alcohol motifs (C(OH)–C–C–N with tert-alkyl or cyclic N) is 1. The van der Waals surface area contributed by atoms with E-state index in [4.69, 9.17) is 5.11 Å². The highest BCUT2D eigenvalue weighted by molar-refractivity contribution is 5.84. The molecule has 2 N–H and O–H groups in total. The lowest BCUT2D eigenvalue weighted by molar-refractivity contribution is -0.148. The summed E-state index contributed by atoms with van der Waals surface area (Å²) in [5, 5.41) is 18.6. The lowest BCUT2D eigenvalue weighted by Crippen LogP contribution is -2.40. The van der Waals surface area contributed by atoms with Gasteiger partial charge >= 0.3 is 5.97 Å². The van der Waals surface area contributed by atoms with E-state index in [1.54, 1.807) is 0 Å². The van der Waals surface area contributed by atoms with Crippen molar-refractivity contribution < 1.29 is 19.8 Å². The number of rotatable bonds is 5. The first-order valence-corrected chi connectivity index (χ1v) is 7.78. The van der Waals surface area contributed by atoms with Crippen molar-refractivity contribution in [2.45, 2.75) is 69.9 Å². The van der Waals surface area contributed by atoms with Crippen LogP contribution in [0.3, 0.4) is 0 Å². The maximum absolute atomic E-state index is 12.1. The zero-order valence-corrected chi connectivity index (χ0v) is 12.0. The Morgan fingerprint density at radius 1 is 1.15 bits per heavy atom. The molecule has 1 amide bonds. The Kier molecular flexibility index (Phi) is 5.40. The molecule has 2 fully saturated rings. The fourth-order valence-electron chi connectivity index (χ4n) is 3.48. The first-order chi connectivity index (χ1) is 9.58. The minimum absolute atomic E-state index is 0.121. The van der Waals surface area contributed by atoms with E-state index < -0.39 is 18.1 Å². The number of amides is 1. The third kappa shape index (κ3) is 3.95. The van der Waals surface area contributed by atoms with Gasteiger partial charge in [0.1, 0.15) is 6.04 Å². The monoisotopic (exact) mass is 283 g/mol. The standard InChI is InChI=1S/C15H25NO4/c17-12-9-13(15(19)20)16(10-12)14(18)8-4-7-11-5-2-1-3-6-11/h11-13,17H,1-10H2,(H,19,20)/t12-,13-/m0/s1. The van der Waals surface area contributed by atoms with Crippen molar-refractivity contribution in [3.05, 3.63) is 0 Å². The van der Waals surface area contributed by atoms with E-state index >= 15 is 0 Å². The van der Waals surface area contributed by atoms with E-state index in [1.807, 2.05) is 0 Å². The largest absolute Gasteiger partial charge is 0.480 e. The van der Waals surface area contributed by atoms with Crippen LogP contribution in [0.2, 0.25) is 0 Å². The third-order valence-corrected chi connectivity index (χ3v) is 4.61. The van der Waals surface area contributed by atoms with Crippen molar-refractivity contribution in [1.29, 1.82) is 0 Å². The van der Waals surface area contributed by atoms with E-state index in [1.165, 1.54) is 37.0 Å². The molecule has 1 aliphatic carbocycles. The first-order valence-electron chi connectivity index (χ1n) is 7.78. The SMILES string of the molecule is O=C(O)[C@@H]1C[C@H](O)CN1C(=O)CCCC1CCCCC1. The molecule has 5 heteroatoms. The molecule has 2 aliphatic rings. The van der Waals surface area contributed by atoms with Gasteiger partial charge in [0.2, 0.25) is 5.91 Å². The van der Waals surface area contributed by atoms with Gasteiger partial charge in [-0.2, -0.15) is 0 Å². The van der Waals surface area contributed by atoms with Gasteiger partial charge in [-0.1, -0.05) is 32.1 Å². The third-order valence-electron chi connectivity index (χ3n) is 4.61. The van der Waals surface area contributed by atoms with Crippen molar-refractivity contribution in [2.24, 2.45) is 5.92 Å². The Balaban J connectivity index is 1.74. The Morgan fingerprint density at radius 2 is 1.85 bits per heavy atom. The quantitative estimate of drug-likeness (QED) is 0.806. The van der Waals surface area contributed by atoms with Crippen LogP contribution in [0.25, 0.3) is 0 Å². The zero-order chi connectivity index (χ0) is 14.5. The number of aliphatic hydroxyl groups is 1. The summed E-state index contributed by atoms with van der Waals surface area (Å²) in [7, 11) is 0. The van der Waals surface area contributed by atoms with E-state index in [9.17, 15) is 14.7 Å². The van der Waals surface area contributed by atoms with Crippen molar-refractivity contribution in [1.82, 2.24) is 4.90 Å². The molecule has 0 spiro atoms. The van der Waals surface area contributed by atoms with Crippen LogP contribution in [0.4, 0.5) is 0 Å². The Bertz CT molecular complexity index is 352. The lowest BCUT2D eigenvalue weighted by Gasteiger charge is -2.23. The van der Waals surface area contributed by atoms with Crippen molar-refractivity contribution in [2.75, 3.05) is 6.54 Å². The Hall–Kier alpha value is -1.10. The summed E-state index contributed by atoms with van der Waals surface area (Å²) in [6.07, 6.45) is 8.26. The highest BCUT2D eigenvalue weighted by Crippen LogP contribution is 2.28. The summed E-state index contributed by atoms with van der Waals surface area (Å²) in [5.41, 5.74) is 0. The van der Waals surface area contributed by atoms with E-state index in [2.05, 4.69) is 0 Å². The Morgan fingerprint density at radius 3 is 2.50 bits per heavy atom. The topological polar surface area (TPSA) is 77.8 Å². The number of aliphatic hydroxyl groups excluding tert-OH is 1. The molecule has 0 bridgehead atoms. The molecule has 2 rings (SSSR count). The van der Waals surface area contributed by atoms with E-state index in [0.29, 0.717) is 6.42 Å². The van der Waals surface area contributed by atoms with Crippen LogP contribution in [0, 0.1) is 5.92 Å². The summed E-state index contributed by atoms with van der Waals surface area (Å²) in [5.74, 6) is -0.386. The second kappa shape index (κ2) is 7.07. The maximum Gasteiger partial charge on any atom is 0.326 e. The van der Waals surface area contributed by atoms with Crippen LogP contribution >= 0.6 is 0 Å². The minimum atomic E-state index is -1.01. The number of carbonyl (C=O) groups is 2. The summed E-state index contributed by atoms with van der Waals surface area (Å²) in [6, 6.07) is -0.841. The van der Waals surface area contributed by atoms with Gasteiger partial charge < -0.3 is 15.1 Å². The average Bonchev–Trinajstić information content (AvgIpc) is 2.82. The van der Waals surface area contributed by atoms with Gasteiger partial charge in [0.25, 0.3) is 0 Å². The summed E-state index contributed by atoms with van der Waals surface area (Å²) in [4.78, 5) is 24.5. The molecule has 1 saturated carbocycles. The number of aliphatic carboxylic acids is 1. The highest BCUT2D eigenvalue weighted by atomic mass is 16.4. The molecule has 20 heavy (non-hydrogen) atoms. The predicted molar refractivity (Wildman–Crippen MR) is 74.2 cm³/mol. The molecule has 0 aromatic rings. The second-order valence-electron chi connectivity index (χ2n) is 6.19. The van der Waals surface area contributed by atoms with Gasteiger partial charge in [-0.3, -0.25) is 4.79 Å². The van der Waals surface area contributed by atoms with Crippen LogP contribution in [0.1, 0.15) is 57.8 Å². The van der Waals surface area contributed by atoms with Gasteiger partial charge in [-0.15, -0.1) is 0 Å². The molecular weight excluding hydrogens is 258 g/mol. The molecular formula is C15H25NO4. The molecule has 0 radical (unpaired) electrons. The number of carboxylic acid groups (broad SMARTS) is 1. The number of hydrogen-bond donors (Lipinski definition) is 2. The van der Waals surface area contributed by atoms with Crippen molar-refractivity contribution >= 4 is 11.9 Å². The predicted octanol–water partition coefficient (Wildman–Crippen LogP) is 1.78. The normalized spacial score (nSPS) is 27.8. The molecule has 0 aromatic heterocycles. The molecule has 1 aliphatic heterocycles. The van der Waals surface area contributed by atoms with Crippen LogP contribution in [0.15, 0.2) is 0 Å². The minimum Gasteiger partial charge on any atom is -0.480 e. The van der Waals surface area contributed by atoms with Gasteiger partial charge in [0.15, 0.2) is 0 Å². The van der Waals surface area contributed by atoms with Crippen LogP contribution in [-0.4, -0.2) is 45.7 Å². The summed E-state index contributed by atoms with van der Waals surface area (Å²) in [6.45, 7) is 0.166. The number of hydrogen-bond acceptors (Lipinski definition) is 3. The van der Waals surface area contributed by atoms with Crippen molar-refractivity contribution in [3.8, 4) is 0 Å². The smallest absolute Gasteiger partial charge is 0.326 e. The van der Waals surface area contributed by atoms with E-state index in [0.717, 1.165) is 18.8 Å². The van der Waals surface area contributed by atoms with E-state index in [-0.39, 0.29) is 18.9 Å².